The smallest absolute Gasteiger partial charge is 0.0598 e. The second-order valence-electron chi connectivity index (χ2n) is 4.92. The van der Waals surface area contributed by atoms with Crippen LogP contribution in [0.1, 0.15) is 53.4 Å². The first kappa shape index (κ1) is 13.7. The molecule has 1 unspecified atom stereocenters. The molecule has 0 heterocycles. The van der Waals surface area contributed by atoms with Crippen molar-refractivity contribution in [3.8, 4) is 0 Å². The molecule has 0 rings (SSSR count). The van der Waals surface area contributed by atoms with Crippen molar-refractivity contribution in [1.82, 2.24) is 0 Å². The highest BCUT2D eigenvalue weighted by atomic mass is 16.5. The van der Waals surface area contributed by atoms with E-state index in [0.29, 0.717) is 5.92 Å². The number of hydrogen-bond donors (Lipinski definition) is 0. The fourth-order valence-corrected chi connectivity index (χ4v) is 1.32. The van der Waals surface area contributed by atoms with Crippen LogP contribution in [0, 0.1) is 5.92 Å². The van der Waals surface area contributed by atoms with Gasteiger partial charge in [0.25, 0.3) is 0 Å². The molecule has 0 bridgehead atoms. The van der Waals surface area contributed by atoms with Crippen molar-refractivity contribution in [3.63, 3.8) is 0 Å². The van der Waals surface area contributed by atoms with Crippen LogP contribution in [0.2, 0.25) is 0 Å². The summed E-state index contributed by atoms with van der Waals surface area (Å²) in [7, 11) is 0. The lowest BCUT2D eigenvalue weighted by Crippen LogP contribution is -2.23. The lowest BCUT2D eigenvalue weighted by molar-refractivity contribution is -0.0242. The van der Waals surface area contributed by atoms with Crippen LogP contribution < -0.4 is 0 Å². The second kappa shape index (κ2) is 7.05. The Morgan fingerprint density at radius 2 is 2.00 bits per heavy atom. The molecule has 0 amide bonds. The third-order valence-electron chi connectivity index (χ3n) is 2.35. The first-order chi connectivity index (χ1) is 6.49. The van der Waals surface area contributed by atoms with Gasteiger partial charge >= 0.3 is 0 Å². The topological polar surface area (TPSA) is 9.23 Å². The zero-order valence-electron chi connectivity index (χ0n) is 10.3. The molecule has 0 radical (unpaired) electrons. The summed E-state index contributed by atoms with van der Waals surface area (Å²) in [6, 6.07) is 0. The van der Waals surface area contributed by atoms with Crippen molar-refractivity contribution in [2.45, 2.75) is 59.0 Å². The molecule has 0 N–H and O–H groups in total. The standard InChI is InChI=1S/C13H26O/c1-6-8-9-10-12(7-2)11-14-13(3,4)5/h6,12H,1,7-11H2,2-5H3. The molecule has 14 heavy (non-hydrogen) atoms. The third kappa shape index (κ3) is 8.31. The van der Waals surface area contributed by atoms with Crippen molar-refractivity contribution >= 4 is 0 Å². The fraction of sp³-hybridized carbons (Fsp3) is 0.846. The van der Waals surface area contributed by atoms with Crippen molar-refractivity contribution in [3.05, 3.63) is 12.7 Å². The predicted octanol–water partition coefficient (Wildman–Crippen LogP) is 4.18. The van der Waals surface area contributed by atoms with E-state index in [4.69, 9.17) is 4.74 Å². The fourth-order valence-electron chi connectivity index (χ4n) is 1.32. The number of rotatable bonds is 7. The van der Waals surface area contributed by atoms with Crippen molar-refractivity contribution < 1.29 is 4.74 Å². The molecule has 0 aliphatic heterocycles. The SMILES string of the molecule is C=CCCCC(CC)COC(C)(C)C. The van der Waals surface area contributed by atoms with E-state index in [1.807, 2.05) is 6.08 Å². The molecule has 0 aromatic heterocycles. The first-order valence-corrected chi connectivity index (χ1v) is 5.74. The van der Waals surface area contributed by atoms with E-state index in [1.54, 1.807) is 0 Å². The van der Waals surface area contributed by atoms with Crippen LogP contribution in [0.15, 0.2) is 12.7 Å². The summed E-state index contributed by atoms with van der Waals surface area (Å²) in [5.41, 5.74) is 0.00581. The monoisotopic (exact) mass is 198 g/mol. The van der Waals surface area contributed by atoms with E-state index >= 15 is 0 Å². The Kier molecular flexibility index (Phi) is 6.90. The minimum Gasteiger partial charge on any atom is -0.376 e. The van der Waals surface area contributed by atoms with Crippen LogP contribution >= 0.6 is 0 Å². The van der Waals surface area contributed by atoms with Crippen molar-refractivity contribution in [2.24, 2.45) is 5.92 Å². The molecule has 0 saturated carbocycles. The van der Waals surface area contributed by atoms with Gasteiger partial charge in [0.2, 0.25) is 0 Å². The maximum absolute atomic E-state index is 5.79. The highest BCUT2D eigenvalue weighted by molar-refractivity contribution is 4.68. The highest BCUT2D eigenvalue weighted by Crippen LogP contribution is 2.16. The number of allylic oxidation sites excluding steroid dienone is 1. The predicted molar refractivity (Wildman–Crippen MR) is 63.5 cm³/mol. The Hall–Kier alpha value is -0.300. The summed E-state index contributed by atoms with van der Waals surface area (Å²) in [5.74, 6) is 0.717. The van der Waals surface area contributed by atoms with Gasteiger partial charge in [0.15, 0.2) is 0 Å². The molecule has 0 aromatic rings. The van der Waals surface area contributed by atoms with Gasteiger partial charge in [-0.25, -0.2) is 0 Å². The van der Waals surface area contributed by atoms with E-state index in [2.05, 4.69) is 34.3 Å². The van der Waals surface area contributed by atoms with Crippen LogP contribution in [0.3, 0.4) is 0 Å². The summed E-state index contributed by atoms with van der Waals surface area (Å²) in [5, 5.41) is 0. The van der Waals surface area contributed by atoms with Gasteiger partial charge < -0.3 is 4.74 Å². The van der Waals surface area contributed by atoms with Crippen LogP contribution in [0.25, 0.3) is 0 Å². The Morgan fingerprint density at radius 1 is 1.36 bits per heavy atom. The molecule has 0 aliphatic rings. The number of unbranched alkanes of at least 4 members (excludes halogenated alkanes) is 1. The van der Waals surface area contributed by atoms with Crippen LogP contribution in [0.4, 0.5) is 0 Å². The van der Waals surface area contributed by atoms with Gasteiger partial charge in [0.1, 0.15) is 0 Å². The Morgan fingerprint density at radius 3 is 2.43 bits per heavy atom. The maximum atomic E-state index is 5.79. The minimum absolute atomic E-state index is 0.00581. The number of hydrogen-bond acceptors (Lipinski definition) is 1. The molecule has 0 aliphatic carbocycles. The van der Waals surface area contributed by atoms with Gasteiger partial charge in [-0.15, -0.1) is 6.58 Å². The third-order valence-corrected chi connectivity index (χ3v) is 2.35. The summed E-state index contributed by atoms with van der Waals surface area (Å²) >= 11 is 0. The molecular formula is C13H26O. The minimum atomic E-state index is 0.00581. The summed E-state index contributed by atoms with van der Waals surface area (Å²) in [4.78, 5) is 0. The van der Waals surface area contributed by atoms with Gasteiger partial charge in [0.05, 0.1) is 12.2 Å². The Bertz CT molecular complexity index is 144. The summed E-state index contributed by atoms with van der Waals surface area (Å²) < 4.78 is 5.79. The molecule has 1 heteroatoms. The van der Waals surface area contributed by atoms with Crippen LogP contribution in [-0.4, -0.2) is 12.2 Å². The second-order valence-corrected chi connectivity index (χ2v) is 4.92. The molecule has 0 fully saturated rings. The summed E-state index contributed by atoms with van der Waals surface area (Å²) in [6.07, 6.45) is 6.85. The van der Waals surface area contributed by atoms with Crippen LogP contribution in [-0.2, 0) is 4.74 Å². The first-order valence-electron chi connectivity index (χ1n) is 5.74. The Labute approximate surface area is 89.5 Å². The number of ether oxygens (including phenoxy) is 1. The van der Waals surface area contributed by atoms with Crippen LogP contribution in [0.5, 0.6) is 0 Å². The molecule has 0 spiro atoms. The normalized spacial score (nSPS) is 14.0. The van der Waals surface area contributed by atoms with Gasteiger partial charge in [-0.3, -0.25) is 0 Å². The van der Waals surface area contributed by atoms with Gasteiger partial charge in [0, 0.05) is 0 Å². The highest BCUT2D eigenvalue weighted by Gasteiger charge is 2.13. The van der Waals surface area contributed by atoms with E-state index < -0.39 is 0 Å². The van der Waals surface area contributed by atoms with E-state index in [9.17, 15) is 0 Å². The molecule has 0 aromatic carbocycles. The molecule has 84 valence electrons. The Balaban J connectivity index is 3.63. The molecule has 0 saturated heterocycles. The molecule has 1 nitrogen and oxygen atoms in total. The largest absolute Gasteiger partial charge is 0.376 e. The quantitative estimate of drug-likeness (QED) is 0.440. The molecular weight excluding hydrogens is 172 g/mol. The van der Waals surface area contributed by atoms with Crippen molar-refractivity contribution in [2.75, 3.05) is 6.61 Å². The average molecular weight is 198 g/mol. The maximum Gasteiger partial charge on any atom is 0.0598 e. The van der Waals surface area contributed by atoms with Gasteiger partial charge in [-0.05, 0) is 46.0 Å². The lowest BCUT2D eigenvalue weighted by atomic mass is 10.00. The zero-order chi connectivity index (χ0) is 11.0. The molecule has 1 atom stereocenters. The summed E-state index contributed by atoms with van der Waals surface area (Å²) in [6.45, 7) is 13.2. The van der Waals surface area contributed by atoms with Gasteiger partial charge in [-0.1, -0.05) is 19.4 Å². The zero-order valence-corrected chi connectivity index (χ0v) is 10.3. The van der Waals surface area contributed by atoms with E-state index in [-0.39, 0.29) is 5.60 Å². The average Bonchev–Trinajstić information content (AvgIpc) is 2.09. The lowest BCUT2D eigenvalue weighted by Gasteiger charge is -2.23. The van der Waals surface area contributed by atoms with E-state index in [0.717, 1.165) is 13.0 Å². The van der Waals surface area contributed by atoms with Crippen molar-refractivity contribution in [1.29, 1.82) is 0 Å². The van der Waals surface area contributed by atoms with Gasteiger partial charge in [-0.2, -0.15) is 0 Å². The van der Waals surface area contributed by atoms with E-state index in [1.165, 1.54) is 19.3 Å².